The number of thioether (sulfide) groups is 1. The lowest BCUT2D eigenvalue weighted by Gasteiger charge is -2.18. The minimum absolute atomic E-state index is 0.639. The van der Waals surface area contributed by atoms with E-state index < -0.39 is 0 Å². The van der Waals surface area contributed by atoms with Crippen LogP contribution in [0.25, 0.3) is 0 Å². The molecule has 1 atom stereocenters. The molecule has 116 valence electrons. The first-order chi connectivity index (χ1) is 10.3. The van der Waals surface area contributed by atoms with E-state index in [0.29, 0.717) is 6.04 Å². The largest absolute Gasteiger partial charge is 0.493 e. The van der Waals surface area contributed by atoms with Crippen molar-refractivity contribution in [1.29, 1.82) is 0 Å². The van der Waals surface area contributed by atoms with Gasteiger partial charge in [-0.1, -0.05) is 25.0 Å². The molecule has 1 unspecified atom stereocenters. The summed E-state index contributed by atoms with van der Waals surface area (Å²) in [5.74, 6) is 2.36. The maximum atomic E-state index is 5.58. The summed E-state index contributed by atoms with van der Waals surface area (Å²) < 4.78 is 5.58. The van der Waals surface area contributed by atoms with E-state index in [2.05, 4.69) is 42.3 Å². The van der Waals surface area contributed by atoms with E-state index in [9.17, 15) is 0 Å². The molecule has 1 aromatic rings. The summed E-state index contributed by atoms with van der Waals surface area (Å²) in [5, 5.41) is 4.43. The van der Waals surface area contributed by atoms with Crippen LogP contribution in [0.3, 0.4) is 0 Å². The van der Waals surface area contributed by atoms with Gasteiger partial charge in [0, 0.05) is 23.5 Å². The highest BCUT2D eigenvalue weighted by molar-refractivity contribution is 7.99. The fourth-order valence-electron chi connectivity index (χ4n) is 3.35. The van der Waals surface area contributed by atoms with E-state index >= 15 is 0 Å². The number of rotatable bonds is 7. The molecule has 1 aromatic carbocycles. The van der Waals surface area contributed by atoms with Crippen LogP contribution in [-0.2, 0) is 12.8 Å². The Bertz CT molecular complexity index is 457. The molecule has 2 nitrogen and oxygen atoms in total. The number of nitrogens with one attached hydrogen (secondary N) is 1. The second kappa shape index (κ2) is 7.55. The number of benzene rings is 1. The third-order valence-corrected chi connectivity index (χ3v) is 6.32. The molecular weight excluding hydrogens is 278 g/mol. The summed E-state index contributed by atoms with van der Waals surface area (Å²) in [4.78, 5) is 0. The summed E-state index contributed by atoms with van der Waals surface area (Å²) in [7, 11) is 2.11. The van der Waals surface area contributed by atoms with E-state index in [-0.39, 0.29) is 0 Å². The third kappa shape index (κ3) is 4.17. The Morgan fingerprint density at radius 2 is 2.19 bits per heavy atom. The Morgan fingerprint density at radius 3 is 3.00 bits per heavy atom. The summed E-state index contributed by atoms with van der Waals surface area (Å²) in [6, 6.07) is 7.37. The molecule has 3 heteroatoms. The summed E-state index contributed by atoms with van der Waals surface area (Å²) >= 11 is 2.19. The van der Waals surface area contributed by atoms with Gasteiger partial charge in [0.05, 0.1) is 6.61 Å². The highest BCUT2D eigenvalue weighted by Gasteiger charge is 2.17. The molecule has 1 saturated carbocycles. The number of hydrogen-bond donors (Lipinski definition) is 1. The number of ether oxygens (including phenoxy) is 1. The van der Waals surface area contributed by atoms with Gasteiger partial charge in [-0.25, -0.2) is 0 Å². The van der Waals surface area contributed by atoms with Gasteiger partial charge in [-0.3, -0.25) is 0 Å². The molecule has 1 aliphatic carbocycles. The van der Waals surface area contributed by atoms with Crippen LogP contribution >= 0.6 is 11.8 Å². The maximum absolute atomic E-state index is 5.58. The van der Waals surface area contributed by atoms with Crippen LogP contribution in [0.2, 0.25) is 0 Å². The Balaban J connectivity index is 1.45. The molecular formula is C18H27NOS. The van der Waals surface area contributed by atoms with E-state index in [0.717, 1.165) is 24.0 Å². The fourth-order valence-corrected chi connectivity index (χ4v) is 4.86. The average Bonchev–Trinajstić information content (AvgIpc) is 3.18. The first-order valence-electron chi connectivity index (χ1n) is 8.38. The van der Waals surface area contributed by atoms with Gasteiger partial charge in [-0.15, -0.1) is 0 Å². The van der Waals surface area contributed by atoms with E-state index in [1.165, 1.54) is 55.4 Å². The normalized spacial score (nSPS) is 19.5. The predicted molar refractivity (Wildman–Crippen MR) is 91.5 cm³/mol. The van der Waals surface area contributed by atoms with Gasteiger partial charge in [-0.2, -0.15) is 11.8 Å². The maximum Gasteiger partial charge on any atom is 0.122 e. The number of aryl methyl sites for hydroxylation is 1. The van der Waals surface area contributed by atoms with Crippen molar-refractivity contribution in [1.82, 2.24) is 5.32 Å². The second-order valence-corrected chi connectivity index (χ2v) is 7.64. The Hall–Kier alpha value is -0.670. The Labute approximate surface area is 133 Å². The number of fused-ring (bicyclic) bond motifs is 1. The van der Waals surface area contributed by atoms with E-state index in [1.807, 2.05) is 0 Å². The molecule has 1 aliphatic heterocycles. The second-order valence-electron chi connectivity index (χ2n) is 6.30. The smallest absolute Gasteiger partial charge is 0.122 e. The van der Waals surface area contributed by atoms with Crippen LogP contribution in [-0.4, -0.2) is 30.7 Å². The van der Waals surface area contributed by atoms with Crippen molar-refractivity contribution in [2.45, 2.75) is 56.2 Å². The van der Waals surface area contributed by atoms with Gasteiger partial charge >= 0.3 is 0 Å². The molecule has 21 heavy (non-hydrogen) atoms. The lowest BCUT2D eigenvalue weighted by atomic mass is 10.0. The molecule has 0 spiro atoms. The van der Waals surface area contributed by atoms with E-state index in [1.54, 1.807) is 0 Å². The Morgan fingerprint density at radius 1 is 1.33 bits per heavy atom. The zero-order valence-corrected chi connectivity index (χ0v) is 13.9. The zero-order valence-electron chi connectivity index (χ0n) is 13.1. The molecule has 2 aliphatic rings. The van der Waals surface area contributed by atoms with Crippen LogP contribution in [0.15, 0.2) is 18.2 Å². The topological polar surface area (TPSA) is 21.3 Å². The molecule has 0 amide bonds. The lowest BCUT2D eigenvalue weighted by molar-refractivity contribution is 0.357. The fraction of sp³-hybridized carbons (Fsp3) is 0.667. The summed E-state index contributed by atoms with van der Waals surface area (Å²) in [6.07, 6.45) is 9.24. The zero-order chi connectivity index (χ0) is 14.5. The first-order valence-corrected chi connectivity index (χ1v) is 9.43. The Kier molecular flexibility index (Phi) is 5.48. The molecule has 0 aromatic heterocycles. The molecule has 1 N–H and O–H groups in total. The highest BCUT2D eigenvalue weighted by atomic mass is 32.2. The van der Waals surface area contributed by atoms with Crippen LogP contribution in [0.4, 0.5) is 0 Å². The summed E-state index contributed by atoms with van der Waals surface area (Å²) in [6.45, 7) is 0.857. The van der Waals surface area contributed by atoms with Crippen molar-refractivity contribution >= 4 is 11.8 Å². The molecule has 1 fully saturated rings. The molecule has 0 radical (unpaired) electrons. The molecule has 0 saturated heterocycles. The van der Waals surface area contributed by atoms with Crippen LogP contribution in [0.5, 0.6) is 5.75 Å². The van der Waals surface area contributed by atoms with Gasteiger partial charge in [0.2, 0.25) is 0 Å². The van der Waals surface area contributed by atoms with Gasteiger partial charge in [0.1, 0.15) is 5.75 Å². The standard InChI is InChI=1S/C18H27NOS/c1-19-16(13-21-17-4-2-3-5-17)8-6-14-7-9-18-15(12-14)10-11-20-18/h7,9,12,16-17,19H,2-6,8,10-11,13H2,1H3. The van der Waals surface area contributed by atoms with Crippen molar-refractivity contribution in [3.8, 4) is 5.75 Å². The van der Waals surface area contributed by atoms with Gasteiger partial charge < -0.3 is 10.1 Å². The highest BCUT2D eigenvalue weighted by Crippen LogP contribution is 2.30. The predicted octanol–water partition coefficient (Wildman–Crippen LogP) is 3.82. The molecule has 3 rings (SSSR count). The number of hydrogen-bond acceptors (Lipinski definition) is 3. The monoisotopic (exact) mass is 305 g/mol. The first kappa shape index (κ1) is 15.2. The summed E-state index contributed by atoms with van der Waals surface area (Å²) in [5.41, 5.74) is 2.86. The SMILES string of the molecule is CNC(CCc1ccc2c(c1)CCO2)CSC1CCCC1. The van der Waals surface area contributed by atoms with Gasteiger partial charge in [0.25, 0.3) is 0 Å². The van der Waals surface area contributed by atoms with Gasteiger partial charge in [0.15, 0.2) is 0 Å². The van der Waals surface area contributed by atoms with Crippen LogP contribution in [0.1, 0.15) is 43.2 Å². The quantitative estimate of drug-likeness (QED) is 0.827. The molecule has 0 bridgehead atoms. The minimum Gasteiger partial charge on any atom is -0.493 e. The van der Waals surface area contributed by atoms with Crippen molar-refractivity contribution in [2.75, 3.05) is 19.4 Å². The van der Waals surface area contributed by atoms with Crippen LogP contribution in [0, 0.1) is 0 Å². The van der Waals surface area contributed by atoms with E-state index in [4.69, 9.17) is 4.74 Å². The van der Waals surface area contributed by atoms with Crippen LogP contribution < -0.4 is 10.1 Å². The van der Waals surface area contributed by atoms with Crippen molar-refractivity contribution in [3.63, 3.8) is 0 Å². The van der Waals surface area contributed by atoms with Crippen molar-refractivity contribution in [2.24, 2.45) is 0 Å². The lowest BCUT2D eigenvalue weighted by Crippen LogP contribution is -2.29. The van der Waals surface area contributed by atoms with Gasteiger partial charge in [-0.05, 0) is 49.9 Å². The van der Waals surface area contributed by atoms with Crippen molar-refractivity contribution < 1.29 is 4.74 Å². The average molecular weight is 305 g/mol. The molecule has 1 heterocycles. The minimum atomic E-state index is 0.639. The third-order valence-electron chi connectivity index (χ3n) is 4.78. The van der Waals surface area contributed by atoms with Crippen molar-refractivity contribution in [3.05, 3.63) is 29.3 Å².